The summed E-state index contributed by atoms with van der Waals surface area (Å²) in [6.45, 7) is 1.85. The van der Waals surface area contributed by atoms with Crippen LogP contribution in [0.4, 0.5) is 5.69 Å². The first-order chi connectivity index (χ1) is 10.0. The normalized spacial score (nSPS) is 10.8. The second-order valence-electron chi connectivity index (χ2n) is 4.32. The highest BCUT2D eigenvalue weighted by Crippen LogP contribution is 2.25. The SMILES string of the molecule is Cc1ccnc2nc(C(=O)Nc3ccc(Cl)c(Cl)c3)nn12. The van der Waals surface area contributed by atoms with Gasteiger partial charge >= 0.3 is 0 Å². The lowest BCUT2D eigenvalue weighted by molar-refractivity contribution is 0.101. The zero-order valence-corrected chi connectivity index (χ0v) is 12.4. The van der Waals surface area contributed by atoms with Gasteiger partial charge in [0, 0.05) is 17.6 Å². The molecule has 6 nitrogen and oxygen atoms in total. The first-order valence-corrected chi connectivity index (χ1v) is 6.75. The monoisotopic (exact) mass is 321 g/mol. The number of fused-ring (bicyclic) bond motifs is 1. The number of nitrogens with one attached hydrogen (secondary N) is 1. The van der Waals surface area contributed by atoms with Gasteiger partial charge in [-0.15, -0.1) is 5.10 Å². The van der Waals surface area contributed by atoms with E-state index in [9.17, 15) is 4.79 Å². The molecule has 106 valence electrons. The zero-order chi connectivity index (χ0) is 15.0. The van der Waals surface area contributed by atoms with Crippen LogP contribution in [-0.4, -0.2) is 25.5 Å². The van der Waals surface area contributed by atoms with Crippen molar-refractivity contribution in [1.82, 2.24) is 19.6 Å². The second kappa shape index (κ2) is 5.31. The molecule has 0 fully saturated rings. The number of aryl methyl sites for hydroxylation is 1. The Hall–Kier alpha value is -2.18. The van der Waals surface area contributed by atoms with E-state index in [1.807, 2.05) is 6.92 Å². The Morgan fingerprint density at radius 2 is 2.05 bits per heavy atom. The summed E-state index contributed by atoms with van der Waals surface area (Å²) in [7, 11) is 0. The molecule has 0 bridgehead atoms. The average Bonchev–Trinajstić information content (AvgIpc) is 2.89. The van der Waals surface area contributed by atoms with Gasteiger partial charge in [-0.2, -0.15) is 4.98 Å². The molecule has 0 aliphatic carbocycles. The summed E-state index contributed by atoms with van der Waals surface area (Å²) in [4.78, 5) is 20.3. The summed E-state index contributed by atoms with van der Waals surface area (Å²) in [5.41, 5.74) is 1.35. The van der Waals surface area contributed by atoms with Gasteiger partial charge in [-0.3, -0.25) is 4.79 Å². The first-order valence-electron chi connectivity index (χ1n) is 5.99. The van der Waals surface area contributed by atoms with Gasteiger partial charge in [0.1, 0.15) is 0 Å². The molecule has 2 heterocycles. The maximum atomic E-state index is 12.1. The molecule has 3 rings (SSSR count). The molecule has 21 heavy (non-hydrogen) atoms. The highest BCUT2D eigenvalue weighted by Gasteiger charge is 2.14. The lowest BCUT2D eigenvalue weighted by Gasteiger charge is -2.03. The summed E-state index contributed by atoms with van der Waals surface area (Å²) < 4.78 is 1.50. The summed E-state index contributed by atoms with van der Waals surface area (Å²) in [5, 5.41) is 7.55. The zero-order valence-electron chi connectivity index (χ0n) is 10.8. The minimum absolute atomic E-state index is 0.0304. The molecule has 1 aromatic carbocycles. The molecular weight excluding hydrogens is 313 g/mol. The van der Waals surface area contributed by atoms with Gasteiger partial charge in [0.15, 0.2) is 0 Å². The van der Waals surface area contributed by atoms with Crippen molar-refractivity contribution in [1.29, 1.82) is 0 Å². The third-order valence-electron chi connectivity index (χ3n) is 2.81. The Bertz CT molecular complexity index is 846. The third-order valence-corrected chi connectivity index (χ3v) is 3.55. The number of hydrogen-bond acceptors (Lipinski definition) is 4. The molecule has 3 aromatic rings. The second-order valence-corrected chi connectivity index (χ2v) is 5.13. The smallest absolute Gasteiger partial charge is 0.295 e. The Balaban J connectivity index is 1.90. The minimum atomic E-state index is -0.446. The lowest BCUT2D eigenvalue weighted by atomic mass is 10.3. The maximum Gasteiger partial charge on any atom is 0.295 e. The van der Waals surface area contributed by atoms with Crippen molar-refractivity contribution in [2.24, 2.45) is 0 Å². The van der Waals surface area contributed by atoms with E-state index >= 15 is 0 Å². The van der Waals surface area contributed by atoms with Gasteiger partial charge in [0.25, 0.3) is 11.7 Å². The standard InChI is InChI=1S/C13H9Cl2N5O/c1-7-4-5-16-13-18-11(19-20(7)13)12(21)17-8-2-3-9(14)10(15)6-8/h2-6H,1H3,(H,17,21). The van der Waals surface area contributed by atoms with Gasteiger partial charge in [-0.25, -0.2) is 9.50 Å². The Labute approximate surface area is 129 Å². The van der Waals surface area contributed by atoms with Crippen LogP contribution in [0.1, 0.15) is 16.3 Å². The molecule has 0 saturated heterocycles. The topological polar surface area (TPSA) is 72.2 Å². The van der Waals surface area contributed by atoms with Crippen molar-refractivity contribution < 1.29 is 4.79 Å². The molecule has 0 saturated carbocycles. The van der Waals surface area contributed by atoms with Crippen molar-refractivity contribution in [3.63, 3.8) is 0 Å². The van der Waals surface area contributed by atoms with E-state index in [2.05, 4.69) is 20.4 Å². The van der Waals surface area contributed by atoms with E-state index in [-0.39, 0.29) is 5.82 Å². The molecule has 0 aliphatic rings. The van der Waals surface area contributed by atoms with Crippen LogP contribution in [0.25, 0.3) is 5.78 Å². The number of carbonyl (C=O) groups is 1. The summed E-state index contributed by atoms with van der Waals surface area (Å²) in [6, 6.07) is 6.58. The van der Waals surface area contributed by atoms with Crippen LogP contribution >= 0.6 is 23.2 Å². The van der Waals surface area contributed by atoms with E-state index in [1.54, 1.807) is 30.5 Å². The van der Waals surface area contributed by atoms with Crippen LogP contribution in [0.2, 0.25) is 10.0 Å². The lowest BCUT2D eigenvalue weighted by Crippen LogP contribution is -2.14. The highest BCUT2D eigenvalue weighted by molar-refractivity contribution is 6.42. The Morgan fingerprint density at radius 1 is 1.24 bits per heavy atom. The minimum Gasteiger partial charge on any atom is -0.319 e. The number of hydrogen-bond donors (Lipinski definition) is 1. The molecule has 0 spiro atoms. The van der Waals surface area contributed by atoms with Crippen LogP contribution < -0.4 is 5.32 Å². The van der Waals surface area contributed by atoms with Crippen LogP contribution in [-0.2, 0) is 0 Å². The molecule has 2 aromatic heterocycles. The first kappa shape index (κ1) is 13.8. The number of nitrogens with zero attached hydrogens (tertiary/aromatic N) is 4. The van der Waals surface area contributed by atoms with Crippen molar-refractivity contribution in [2.75, 3.05) is 5.32 Å². The number of halogens is 2. The average molecular weight is 322 g/mol. The van der Waals surface area contributed by atoms with Crippen molar-refractivity contribution in [2.45, 2.75) is 6.92 Å². The predicted octanol–water partition coefficient (Wildman–Crippen LogP) is 2.99. The highest BCUT2D eigenvalue weighted by atomic mass is 35.5. The Morgan fingerprint density at radius 3 is 2.76 bits per heavy atom. The summed E-state index contributed by atoms with van der Waals surface area (Å²) in [6.07, 6.45) is 1.61. The molecule has 0 atom stereocenters. The fraction of sp³-hybridized carbons (Fsp3) is 0.0769. The molecule has 8 heteroatoms. The van der Waals surface area contributed by atoms with E-state index in [0.717, 1.165) is 5.69 Å². The van der Waals surface area contributed by atoms with E-state index in [4.69, 9.17) is 23.2 Å². The molecule has 0 unspecified atom stereocenters. The predicted molar refractivity (Wildman–Crippen MR) is 79.9 cm³/mol. The van der Waals surface area contributed by atoms with Crippen molar-refractivity contribution in [3.8, 4) is 0 Å². The largest absolute Gasteiger partial charge is 0.319 e. The van der Waals surface area contributed by atoms with Gasteiger partial charge in [0.2, 0.25) is 5.82 Å². The Kier molecular flexibility index (Phi) is 3.48. The van der Waals surface area contributed by atoms with E-state index in [0.29, 0.717) is 21.5 Å². The number of aromatic nitrogens is 4. The van der Waals surface area contributed by atoms with Crippen molar-refractivity contribution >= 4 is 40.6 Å². The quantitative estimate of drug-likeness (QED) is 0.787. The van der Waals surface area contributed by atoms with Gasteiger partial charge in [-0.05, 0) is 31.2 Å². The molecule has 1 amide bonds. The van der Waals surface area contributed by atoms with Crippen molar-refractivity contribution in [3.05, 3.63) is 52.0 Å². The molecular formula is C13H9Cl2N5O. The summed E-state index contributed by atoms with van der Waals surface area (Å²) in [5.74, 6) is -0.0459. The van der Waals surface area contributed by atoms with Gasteiger partial charge < -0.3 is 5.32 Å². The molecule has 0 aliphatic heterocycles. The van der Waals surface area contributed by atoms with Gasteiger partial charge in [-0.1, -0.05) is 23.2 Å². The van der Waals surface area contributed by atoms with Crippen LogP contribution in [0, 0.1) is 6.92 Å². The van der Waals surface area contributed by atoms with Crippen LogP contribution in [0.5, 0.6) is 0 Å². The number of carbonyl (C=O) groups excluding carboxylic acids is 1. The number of benzene rings is 1. The number of amides is 1. The fourth-order valence-corrected chi connectivity index (χ4v) is 2.06. The van der Waals surface area contributed by atoms with E-state index in [1.165, 1.54) is 4.52 Å². The van der Waals surface area contributed by atoms with Gasteiger partial charge in [0.05, 0.1) is 10.0 Å². The number of rotatable bonds is 2. The number of anilines is 1. The molecule has 1 N–H and O–H groups in total. The van der Waals surface area contributed by atoms with E-state index < -0.39 is 5.91 Å². The molecule has 0 radical (unpaired) electrons. The fourth-order valence-electron chi connectivity index (χ4n) is 1.76. The maximum absolute atomic E-state index is 12.1. The third kappa shape index (κ3) is 2.68. The van der Waals surface area contributed by atoms with Crippen LogP contribution in [0.15, 0.2) is 30.5 Å². The summed E-state index contributed by atoms with van der Waals surface area (Å²) >= 11 is 11.7. The van der Waals surface area contributed by atoms with Crippen LogP contribution in [0.3, 0.4) is 0 Å².